The van der Waals surface area contributed by atoms with Gasteiger partial charge in [-0.15, -0.1) is 10.2 Å². The molecule has 1 aromatic heterocycles. The number of amides is 1. The Morgan fingerprint density at radius 2 is 1.79 bits per heavy atom. The van der Waals surface area contributed by atoms with Gasteiger partial charge in [-0.1, -0.05) is 0 Å². The molecule has 28 heavy (non-hydrogen) atoms. The minimum atomic E-state index is -2.87. The van der Waals surface area contributed by atoms with E-state index in [1.807, 2.05) is 0 Å². The SMILES string of the molecule is Cc1nnc(CC2CC(F)(F)CN2C(=O)CNC23CC4CC(CC(C4)C2)C3)o1. The van der Waals surface area contributed by atoms with Crippen LogP contribution in [0.15, 0.2) is 4.42 Å². The van der Waals surface area contributed by atoms with Gasteiger partial charge >= 0.3 is 0 Å². The highest BCUT2D eigenvalue weighted by atomic mass is 19.3. The minimum absolute atomic E-state index is 0.0474. The second kappa shape index (κ2) is 6.47. The largest absolute Gasteiger partial charge is 0.426 e. The standard InChI is InChI=1S/C20H28F2N4O2/c1-12-24-25-17(28-12)5-16-9-20(21,22)11-26(16)18(27)10-23-19-6-13-2-14(7-19)4-15(3-13)8-19/h13-16,23H,2-11H2,1H3. The molecule has 0 spiro atoms. The van der Waals surface area contributed by atoms with Crippen LogP contribution in [0.4, 0.5) is 8.78 Å². The maximum absolute atomic E-state index is 14.1. The highest BCUT2D eigenvalue weighted by molar-refractivity contribution is 5.79. The zero-order valence-electron chi connectivity index (χ0n) is 16.3. The first-order chi connectivity index (χ1) is 13.3. The summed E-state index contributed by atoms with van der Waals surface area (Å²) in [5.41, 5.74) is 0.0474. The van der Waals surface area contributed by atoms with Gasteiger partial charge in [-0.3, -0.25) is 4.79 Å². The van der Waals surface area contributed by atoms with Crippen LogP contribution in [0.25, 0.3) is 0 Å². The Hall–Kier alpha value is -1.57. The van der Waals surface area contributed by atoms with Crippen LogP contribution < -0.4 is 5.32 Å². The lowest BCUT2D eigenvalue weighted by molar-refractivity contribution is -0.133. The predicted octanol–water partition coefficient (Wildman–Crippen LogP) is 2.72. The Labute approximate surface area is 163 Å². The number of halogens is 2. The van der Waals surface area contributed by atoms with Gasteiger partial charge in [-0.2, -0.15) is 0 Å². The van der Waals surface area contributed by atoms with Crippen molar-refractivity contribution in [2.75, 3.05) is 13.1 Å². The van der Waals surface area contributed by atoms with E-state index in [2.05, 4.69) is 15.5 Å². The quantitative estimate of drug-likeness (QED) is 0.832. The lowest BCUT2D eigenvalue weighted by atomic mass is 9.53. The van der Waals surface area contributed by atoms with E-state index in [-0.39, 0.29) is 30.8 Å². The molecule has 4 saturated carbocycles. The van der Waals surface area contributed by atoms with Gasteiger partial charge in [0.15, 0.2) is 0 Å². The summed E-state index contributed by atoms with van der Waals surface area (Å²) in [7, 11) is 0. The zero-order chi connectivity index (χ0) is 19.5. The van der Waals surface area contributed by atoms with Crippen molar-refractivity contribution in [3.63, 3.8) is 0 Å². The number of aromatic nitrogens is 2. The fourth-order valence-electron chi connectivity index (χ4n) is 6.69. The Morgan fingerprint density at radius 3 is 2.36 bits per heavy atom. The lowest BCUT2D eigenvalue weighted by Crippen LogP contribution is -2.60. The molecule has 1 saturated heterocycles. The van der Waals surface area contributed by atoms with Gasteiger partial charge in [-0.25, -0.2) is 8.78 Å². The number of alkyl halides is 2. The third-order valence-electron chi connectivity index (χ3n) is 7.33. The number of rotatable bonds is 5. The Balaban J connectivity index is 1.24. The van der Waals surface area contributed by atoms with Gasteiger partial charge in [0.25, 0.3) is 5.92 Å². The van der Waals surface area contributed by atoms with Crippen LogP contribution in [-0.4, -0.2) is 51.6 Å². The summed E-state index contributed by atoms with van der Waals surface area (Å²) in [6, 6.07) is -0.597. The third-order valence-corrected chi connectivity index (χ3v) is 7.33. The van der Waals surface area contributed by atoms with Crippen LogP contribution in [0, 0.1) is 24.7 Å². The second-order valence-electron chi connectivity index (χ2n) is 9.71. The molecular weight excluding hydrogens is 366 g/mol. The molecule has 1 amide bonds. The summed E-state index contributed by atoms with van der Waals surface area (Å²) in [4.78, 5) is 14.2. The number of hydrogen-bond donors (Lipinski definition) is 1. The first-order valence-corrected chi connectivity index (χ1v) is 10.5. The van der Waals surface area contributed by atoms with Crippen LogP contribution in [0.1, 0.15) is 56.7 Å². The van der Waals surface area contributed by atoms with Crippen molar-refractivity contribution >= 4 is 5.91 Å². The zero-order valence-corrected chi connectivity index (χ0v) is 16.3. The van der Waals surface area contributed by atoms with Crippen LogP contribution >= 0.6 is 0 Å². The molecule has 1 atom stereocenters. The van der Waals surface area contributed by atoms with Crippen LogP contribution in [0.3, 0.4) is 0 Å². The normalized spacial score (nSPS) is 38.3. The van der Waals surface area contributed by atoms with Crippen molar-refractivity contribution in [2.45, 2.75) is 75.8 Å². The maximum Gasteiger partial charge on any atom is 0.267 e. The summed E-state index contributed by atoms with van der Waals surface area (Å²) in [6.07, 6.45) is 7.22. The van der Waals surface area contributed by atoms with Gasteiger partial charge in [0.2, 0.25) is 17.7 Å². The molecule has 6 rings (SSSR count). The van der Waals surface area contributed by atoms with E-state index in [9.17, 15) is 13.6 Å². The number of carbonyl (C=O) groups excluding carboxylic acids is 1. The fourth-order valence-corrected chi connectivity index (χ4v) is 6.69. The van der Waals surface area contributed by atoms with E-state index in [1.54, 1.807) is 6.92 Å². The van der Waals surface area contributed by atoms with Gasteiger partial charge in [0, 0.05) is 31.3 Å². The van der Waals surface area contributed by atoms with Crippen LogP contribution in [0.2, 0.25) is 0 Å². The summed E-state index contributed by atoms with van der Waals surface area (Å²) >= 11 is 0. The molecule has 6 nitrogen and oxygen atoms in total. The second-order valence-corrected chi connectivity index (χ2v) is 9.71. The number of carbonyl (C=O) groups is 1. The lowest BCUT2D eigenvalue weighted by Gasteiger charge is -2.57. The van der Waals surface area contributed by atoms with E-state index >= 15 is 0 Å². The van der Waals surface area contributed by atoms with Gasteiger partial charge in [0.1, 0.15) is 0 Å². The van der Waals surface area contributed by atoms with Crippen molar-refractivity contribution in [3.8, 4) is 0 Å². The van der Waals surface area contributed by atoms with E-state index in [0.29, 0.717) is 11.8 Å². The van der Waals surface area contributed by atoms with Crippen molar-refractivity contribution in [3.05, 3.63) is 11.8 Å². The van der Waals surface area contributed by atoms with Crippen molar-refractivity contribution in [1.29, 1.82) is 0 Å². The molecule has 4 bridgehead atoms. The Bertz CT molecular complexity index is 730. The molecule has 0 aromatic carbocycles. The molecule has 1 aliphatic heterocycles. The van der Waals surface area contributed by atoms with Crippen molar-refractivity contribution < 1.29 is 18.0 Å². The molecule has 0 radical (unpaired) electrons. The first-order valence-electron chi connectivity index (χ1n) is 10.5. The van der Waals surface area contributed by atoms with Crippen LogP contribution in [-0.2, 0) is 11.2 Å². The molecule has 5 aliphatic rings. The molecule has 2 heterocycles. The number of nitrogens with zero attached hydrogens (tertiary/aromatic N) is 3. The highest BCUT2D eigenvalue weighted by Crippen LogP contribution is 2.55. The van der Waals surface area contributed by atoms with E-state index in [0.717, 1.165) is 37.0 Å². The van der Waals surface area contributed by atoms with Crippen LogP contribution in [0.5, 0.6) is 0 Å². The molecule has 5 fully saturated rings. The molecule has 1 unspecified atom stereocenters. The fraction of sp³-hybridized carbons (Fsp3) is 0.850. The Morgan fingerprint density at radius 1 is 1.14 bits per heavy atom. The molecule has 4 aliphatic carbocycles. The average molecular weight is 394 g/mol. The first kappa shape index (κ1) is 18.5. The third kappa shape index (κ3) is 3.44. The molecular formula is C20H28F2N4O2. The van der Waals surface area contributed by atoms with Gasteiger partial charge < -0.3 is 14.6 Å². The summed E-state index contributed by atoms with van der Waals surface area (Å²) < 4.78 is 33.5. The number of aryl methyl sites for hydroxylation is 1. The Kier molecular flexibility index (Phi) is 4.27. The number of likely N-dealkylation sites (tertiary alicyclic amines) is 1. The maximum atomic E-state index is 14.1. The van der Waals surface area contributed by atoms with Gasteiger partial charge in [0.05, 0.1) is 13.1 Å². The average Bonchev–Trinajstić information content (AvgIpc) is 3.14. The summed E-state index contributed by atoms with van der Waals surface area (Å²) in [6.45, 7) is 1.28. The van der Waals surface area contributed by atoms with Crippen molar-refractivity contribution in [2.24, 2.45) is 17.8 Å². The number of nitrogens with one attached hydrogen (secondary N) is 1. The van der Waals surface area contributed by atoms with E-state index in [1.165, 1.54) is 24.2 Å². The molecule has 1 N–H and O–H groups in total. The number of hydrogen-bond acceptors (Lipinski definition) is 5. The van der Waals surface area contributed by atoms with E-state index in [4.69, 9.17) is 4.42 Å². The minimum Gasteiger partial charge on any atom is -0.426 e. The van der Waals surface area contributed by atoms with E-state index < -0.39 is 18.5 Å². The molecule has 1 aromatic rings. The van der Waals surface area contributed by atoms with Crippen molar-refractivity contribution in [1.82, 2.24) is 20.4 Å². The molecule has 8 heteroatoms. The predicted molar refractivity (Wildman–Crippen MR) is 96.7 cm³/mol. The molecule has 154 valence electrons. The topological polar surface area (TPSA) is 71.3 Å². The summed E-state index contributed by atoms with van der Waals surface area (Å²) in [5, 5.41) is 11.2. The monoisotopic (exact) mass is 394 g/mol. The smallest absolute Gasteiger partial charge is 0.267 e. The van der Waals surface area contributed by atoms with Gasteiger partial charge in [-0.05, 0) is 56.3 Å². The summed E-state index contributed by atoms with van der Waals surface area (Å²) in [5.74, 6) is -0.0615. The highest BCUT2D eigenvalue weighted by Gasteiger charge is 2.52.